The Morgan fingerprint density at radius 2 is 1.70 bits per heavy atom. The van der Waals surface area contributed by atoms with Gasteiger partial charge in [-0.05, 0) is 31.4 Å². The topological polar surface area (TPSA) is 57.5 Å². The second-order valence-electron chi connectivity index (χ2n) is 1.79. The van der Waals surface area contributed by atoms with Crippen LogP contribution in [0.5, 0.6) is 0 Å². The van der Waals surface area contributed by atoms with Gasteiger partial charge in [0.1, 0.15) is 0 Å². The van der Waals surface area contributed by atoms with Crippen LogP contribution in [-0.2, 0) is 0 Å². The van der Waals surface area contributed by atoms with Crippen molar-refractivity contribution in [3.63, 3.8) is 0 Å². The highest BCUT2D eigenvalue weighted by Crippen LogP contribution is 2.00. The fourth-order valence-electron chi connectivity index (χ4n) is 0.572. The van der Waals surface area contributed by atoms with Crippen LogP contribution in [0, 0.1) is 0 Å². The van der Waals surface area contributed by atoms with Gasteiger partial charge in [-0.25, -0.2) is 4.79 Å². The molecule has 0 aromatic heterocycles. The molecule has 10 heavy (non-hydrogen) atoms. The van der Waals surface area contributed by atoms with Crippen LogP contribution in [-0.4, -0.2) is 16.4 Å². The second-order valence-corrected chi connectivity index (χ2v) is 1.79. The van der Waals surface area contributed by atoms with Gasteiger partial charge in [0.2, 0.25) is 0 Å². The van der Waals surface area contributed by atoms with Crippen molar-refractivity contribution in [3.05, 3.63) is 17.9 Å². The summed E-state index contributed by atoms with van der Waals surface area (Å²) in [6, 6.07) is 0. The Morgan fingerprint density at radius 3 is 1.80 bits per heavy atom. The third-order valence-electron chi connectivity index (χ3n) is 0.933. The molecule has 0 aromatic carbocycles. The highest BCUT2D eigenvalue weighted by Gasteiger charge is 1.81. The average molecular weight is 142 g/mol. The molecule has 0 saturated carbocycles. The zero-order valence-electron chi connectivity index (χ0n) is 5.58. The Bertz CT molecular complexity index is 142. The Morgan fingerprint density at radius 1 is 1.30 bits per heavy atom. The monoisotopic (exact) mass is 142 g/mol. The molecule has 1 aliphatic rings. The number of allylic oxidation sites excluding steroid dienone is 1. The molecule has 0 saturated heterocycles. The van der Waals surface area contributed by atoms with Gasteiger partial charge in [0.15, 0.2) is 0 Å². The van der Waals surface area contributed by atoms with Gasteiger partial charge in [-0.3, -0.25) is 0 Å². The Kier molecular flexibility index (Phi) is 5.20. The summed E-state index contributed by atoms with van der Waals surface area (Å²) in [6.07, 6.45) is 6.13. The van der Waals surface area contributed by atoms with E-state index >= 15 is 0 Å². The highest BCUT2D eigenvalue weighted by molar-refractivity contribution is 5.53. The summed E-state index contributed by atoms with van der Waals surface area (Å²) >= 11 is 0. The number of hydrogen-bond acceptors (Lipinski definition) is 1. The highest BCUT2D eigenvalue weighted by atomic mass is 16.6. The van der Waals surface area contributed by atoms with Gasteiger partial charge >= 0.3 is 6.16 Å². The Hall–Kier alpha value is -1.21. The first-order chi connectivity index (χ1) is 4.73. The van der Waals surface area contributed by atoms with Crippen molar-refractivity contribution in [3.8, 4) is 0 Å². The van der Waals surface area contributed by atoms with Gasteiger partial charge in [0, 0.05) is 0 Å². The molecule has 0 spiro atoms. The summed E-state index contributed by atoms with van der Waals surface area (Å²) in [7, 11) is 0. The first-order valence-corrected chi connectivity index (χ1v) is 3.05. The summed E-state index contributed by atoms with van der Waals surface area (Å²) in [5.74, 6) is 0. The molecule has 3 nitrogen and oxygen atoms in total. The lowest BCUT2D eigenvalue weighted by Gasteiger charge is -1.89. The van der Waals surface area contributed by atoms with Crippen molar-refractivity contribution in [2.45, 2.75) is 19.3 Å². The molecule has 2 N–H and O–H groups in total. The van der Waals surface area contributed by atoms with E-state index in [1.165, 1.54) is 19.3 Å². The van der Waals surface area contributed by atoms with Gasteiger partial charge in [-0.2, -0.15) is 0 Å². The summed E-state index contributed by atoms with van der Waals surface area (Å²) in [5.41, 5.74) is 3.03. The van der Waals surface area contributed by atoms with Crippen LogP contribution in [0.1, 0.15) is 19.3 Å². The molecule has 3 heteroatoms. The summed E-state index contributed by atoms with van der Waals surface area (Å²) in [4.78, 5) is 8.56. The van der Waals surface area contributed by atoms with Crippen molar-refractivity contribution in [1.82, 2.24) is 0 Å². The first-order valence-electron chi connectivity index (χ1n) is 3.05. The van der Waals surface area contributed by atoms with E-state index in [0.717, 1.165) is 0 Å². The Balaban J connectivity index is 0.000000180. The zero-order chi connectivity index (χ0) is 7.82. The SMILES string of the molecule is C1=CCCCC=1.O=C(O)O. The third kappa shape index (κ3) is 9.92. The first kappa shape index (κ1) is 8.79. The van der Waals surface area contributed by atoms with E-state index < -0.39 is 6.16 Å². The van der Waals surface area contributed by atoms with Crippen molar-refractivity contribution < 1.29 is 15.0 Å². The number of rotatable bonds is 0. The zero-order valence-corrected chi connectivity index (χ0v) is 5.58. The summed E-state index contributed by atoms with van der Waals surface area (Å²) < 4.78 is 0. The number of carboxylic acid groups (broad SMARTS) is 2. The van der Waals surface area contributed by atoms with E-state index in [0.29, 0.717) is 0 Å². The fraction of sp³-hybridized carbons (Fsp3) is 0.429. The van der Waals surface area contributed by atoms with Crippen LogP contribution >= 0.6 is 0 Å². The molecule has 0 aliphatic heterocycles. The molecule has 0 heterocycles. The van der Waals surface area contributed by atoms with Crippen molar-refractivity contribution >= 4 is 6.16 Å². The summed E-state index contributed by atoms with van der Waals surface area (Å²) in [6.45, 7) is 0. The van der Waals surface area contributed by atoms with Gasteiger partial charge < -0.3 is 10.2 Å². The maximum atomic E-state index is 8.56. The van der Waals surface area contributed by atoms with Gasteiger partial charge in [-0.15, -0.1) is 5.73 Å². The third-order valence-corrected chi connectivity index (χ3v) is 0.933. The van der Waals surface area contributed by atoms with E-state index in [-0.39, 0.29) is 0 Å². The molecule has 1 rings (SSSR count). The summed E-state index contributed by atoms with van der Waals surface area (Å²) in [5, 5.41) is 13.9. The minimum Gasteiger partial charge on any atom is -0.450 e. The molecule has 56 valence electrons. The van der Waals surface area contributed by atoms with Crippen LogP contribution < -0.4 is 0 Å². The Labute approximate surface area is 59.3 Å². The van der Waals surface area contributed by atoms with Crippen molar-refractivity contribution in [2.24, 2.45) is 0 Å². The van der Waals surface area contributed by atoms with Crippen LogP contribution in [0.2, 0.25) is 0 Å². The van der Waals surface area contributed by atoms with E-state index in [1.54, 1.807) is 0 Å². The normalized spacial score (nSPS) is 13.6. The lowest BCUT2D eigenvalue weighted by Crippen LogP contribution is -1.81. The lowest BCUT2D eigenvalue weighted by atomic mass is 10.2. The second kappa shape index (κ2) is 5.92. The number of hydrogen-bond donors (Lipinski definition) is 2. The molecular weight excluding hydrogens is 132 g/mol. The van der Waals surface area contributed by atoms with Gasteiger partial charge in [0.05, 0.1) is 0 Å². The molecular formula is C7H10O3. The molecule has 1 aliphatic carbocycles. The van der Waals surface area contributed by atoms with Crippen LogP contribution in [0.15, 0.2) is 17.9 Å². The van der Waals surface area contributed by atoms with E-state index in [2.05, 4.69) is 17.9 Å². The molecule has 0 fully saturated rings. The maximum absolute atomic E-state index is 8.56. The minimum atomic E-state index is -1.83. The maximum Gasteiger partial charge on any atom is 0.503 e. The van der Waals surface area contributed by atoms with Crippen LogP contribution in [0.3, 0.4) is 0 Å². The predicted molar refractivity (Wildman–Crippen MR) is 37.2 cm³/mol. The van der Waals surface area contributed by atoms with Gasteiger partial charge in [-0.1, -0.05) is 0 Å². The molecule has 0 unspecified atom stereocenters. The van der Waals surface area contributed by atoms with Crippen LogP contribution in [0.4, 0.5) is 4.79 Å². The molecule has 0 aromatic rings. The van der Waals surface area contributed by atoms with E-state index in [9.17, 15) is 0 Å². The number of carbonyl (C=O) groups is 1. The van der Waals surface area contributed by atoms with Gasteiger partial charge in [0.25, 0.3) is 0 Å². The largest absolute Gasteiger partial charge is 0.503 e. The van der Waals surface area contributed by atoms with E-state index in [4.69, 9.17) is 15.0 Å². The standard InChI is InChI=1S/C6H8.CH2O3/c1-2-4-6-5-3-1;2-1(3)4/h1,5H,2,4,6H2;(H2,2,3,4). The molecule has 0 radical (unpaired) electrons. The fourth-order valence-corrected chi connectivity index (χ4v) is 0.572. The molecule has 0 amide bonds. The van der Waals surface area contributed by atoms with E-state index in [1.807, 2.05) is 0 Å². The molecule has 0 atom stereocenters. The smallest absolute Gasteiger partial charge is 0.450 e. The van der Waals surface area contributed by atoms with Crippen LogP contribution in [0.25, 0.3) is 0 Å². The van der Waals surface area contributed by atoms with Crippen molar-refractivity contribution in [2.75, 3.05) is 0 Å². The lowest BCUT2D eigenvalue weighted by molar-refractivity contribution is 0.137. The molecule has 0 bridgehead atoms. The average Bonchev–Trinajstić information content (AvgIpc) is 1.90. The van der Waals surface area contributed by atoms with Crippen molar-refractivity contribution in [1.29, 1.82) is 0 Å². The minimum absolute atomic E-state index is 1.23. The predicted octanol–water partition coefficient (Wildman–Crippen LogP) is 2.10. The quantitative estimate of drug-likeness (QED) is 0.509.